The molecule has 1 amide bonds. The van der Waals surface area contributed by atoms with E-state index in [4.69, 9.17) is 4.74 Å². The van der Waals surface area contributed by atoms with E-state index >= 15 is 0 Å². The van der Waals surface area contributed by atoms with Crippen LogP contribution in [-0.2, 0) is 14.3 Å². The number of benzene rings is 1. The van der Waals surface area contributed by atoms with Crippen molar-refractivity contribution in [3.63, 3.8) is 0 Å². The normalized spacial score (nSPS) is 11.5. The molecule has 2 rings (SSSR count). The Balaban J connectivity index is 1.94. The first kappa shape index (κ1) is 19.4. The van der Waals surface area contributed by atoms with Gasteiger partial charge in [0.05, 0.1) is 11.2 Å². The first-order valence-corrected chi connectivity index (χ1v) is 8.49. The number of para-hydroxylation sites is 1. The predicted molar refractivity (Wildman–Crippen MR) is 104 cm³/mol. The van der Waals surface area contributed by atoms with E-state index in [0.717, 1.165) is 10.9 Å². The summed E-state index contributed by atoms with van der Waals surface area (Å²) in [4.78, 5) is 28.2. The highest BCUT2D eigenvalue weighted by Gasteiger charge is 2.21. The van der Waals surface area contributed by atoms with Crippen LogP contribution in [0.25, 0.3) is 10.9 Å². The topological polar surface area (TPSA) is 68.3 Å². The summed E-state index contributed by atoms with van der Waals surface area (Å²) in [6.45, 7) is 7.64. The van der Waals surface area contributed by atoms with E-state index in [9.17, 15) is 9.59 Å². The zero-order valence-electron chi connectivity index (χ0n) is 15.2. The van der Waals surface area contributed by atoms with Gasteiger partial charge in [-0.3, -0.25) is 9.78 Å². The SMILES string of the molecule is C=CCOC(=O)/C=C/CC(C)(C)CC(=O)Nc1cccc2cccnc12. The highest BCUT2D eigenvalue weighted by molar-refractivity contribution is 6.00. The number of amides is 1. The smallest absolute Gasteiger partial charge is 0.330 e. The zero-order chi connectivity index (χ0) is 19.0. The fraction of sp³-hybridized carbons (Fsp3) is 0.286. The van der Waals surface area contributed by atoms with E-state index < -0.39 is 5.97 Å². The first-order chi connectivity index (χ1) is 12.4. The van der Waals surface area contributed by atoms with Crippen LogP contribution in [0.2, 0.25) is 0 Å². The highest BCUT2D eigenvalue weighted by atomic mass is 16.5. The predicted octanol–water partition coefficient (Wildman–Crippen LogP) is 4.27. The molecule has 0 aliphatic rings. The molecule has 1 aromatic heterocycles. The number of nitrogens with one attached hydrogen (secondary N) is 1. The number of carbonyl (C=O) groups is 2. The molecule has 0 spiro atoms. The second kappa shape index (κ2) is 8.94. The number of carbonyl (C=O) groups excluding carboxylic acids is 2. The van der Waals surface area contributed by atoms with E-state index in [1.807, 2.05) is 44.2 Å². The van der Waals surface area contributed by atoms with Gasteiger partial charge in [-0.05, 0) is 24.0 Å². The molecule has 0 fully saturated rings. The molecule has 5 nitrogen and oxygen atoms in total. The summed E-state index contributed by atoms with van der Waals surface area (Å²) in [5, 5.41) is 3.92. The molecule has 0 bridgehead atoms. The van der Waals surface area contributed by atoms with Gasteiger partial charge in [0.25, 0.3) is 0 Å². The molecule has 2 aromatic rings. The van der Waals surface area contributed by atoms with Crippen molar-refractivity contribution in [2.24, 2.45) is 5.41 Å². The summed E-state index contributed by atoms with van der Waals surface area (Å²) in [7, 11) is 0. The van der Waals surface area contributed by atoms with Gasteiger partial charge < -0.3 is 10.1 Å². The van der Waals surface area contributed by atoms with Gasteiger partial charge in [0, 0.05) is 24.1 Å². The summed E-state index contributed by atoms with van der Waals surface area (Å²) in [6.07, 6.45) is 7.25. The number of aromatic nitrogens is 1. The van der Waals surface area contributed by atoms with E-state index in [1.165, 1.54) is 12.2 Å². The summed E-state index contributed by atoms with van der Waals surface area (Å²) < 4.78 is 4.88. The Bertz CT molecular complexity index is 820. The summed E-state index contributed by atoms with van der Waals surface area (Å²) in [5.74, 6) is -0.497. The van der Waals surface area contributed by atoms with Crippen LogP contribution in [0, 0.1) is 5.41 Å². The number of anilines is 1. The molecule has 1 N–H and O–H groups in total. The van der Waals surface area contributed by atoms with Crippen LogP contribution in [0.4, 0.5) is 5.69 Å². The Kier molecular flexibility index (Phi) is 6.67. The van der Waals surface area contributed by atoms with E-state index in [0.29, 0.717) is 18.5 Å². The van der Waals surface area contributed by atoms with Gasteiger partial charge >= 0.3 is 5.97 Å². The number of allylic oxidation sites excluding steroid dienone is 1. The zero-order valence-corrected chi connectivity index (χ0v) is 15.2. The molecular formula is C21H24N2O3. The van der Waals surface area contributed by atoms with Crippen molar-refractivity contribution < 1.29 is 14.3 Å². The number of esters is 1. The maximum atomic E-state index is 12.4. The molecule has 26 heavy (non-hydrogen) atoms. The summed E-state index contributed by atoms with van der Waals surface area (Å²) >= 11 is 0. The number of hydrogen-bond donors (Lipinski definition) is 1. The van der Waals surface area contributed by atoms with Gasteiger partial charge in [-0.1, -0.05) is 50.8 Å². The van der Waals surface area contributed by atoms with Crippen molar-refractivity contribution in [2.75, 3.05) is 11.9 Å². The van der Waals surface area contributed by atoms with Crippen LogP contribution in [0.3, 0.4) is 0 Å². The second-order valence-electron chi connectivity index (χ2n) is 6.80. The Morgan fingerprint density at radius 3 is 2.81 bits per heavy atom. The van der Waals surface area contributed by atoms with Crippen LogP contribution in [0.5, 0.6) is 0 Å². The maximum absolute atomic E-state index is 12.4. The second-order valence-corrected chi connectivity index (χ2v) is 6.80. The van der Waals surface area contributed by atoms with Crippen molar-refractivity contribution in [3.05, 3.63) is 61.3 Å². The molecule has 0 aliphatic heterocycles. The molecule has 1 heterocycles. The molecule has 1 aromatic carbocycles. The molecule has 0 saturated carbocycles. The van der Waals surface area contributed by atoms with Crippen LogP contribution < -0.4 is 5.32 Å². The van der Waals surface area contributed by atoms with E-state index in [2.05, 4.69) is 16.9 Å². The van der Waals surface area contributed by atoms with Gasteiger partial charge in [0.15, 0.2) is 0 Å². The maximum Gasteiger partial charge on any atom is 0.330 e. The van der Waals surface area contributed by atoms with Crippen molar-refractivity contribution in [2.45, 2.75) is 26.7 Å². The fourth-order valence-corrected chi connectivity index (χ4v) is 2.57. The van der Waals surface area contributed by atoms with Crippen molar-refractivity contribution in [1.29, 1.82) is 0 Å². The number of hydrogen-bond acceptors (Lipinski definition) is 4. The molecular weight excluding hydrogens is 328 g/mol. The summed E-state index contributed by atoms with van der Waals surface area (Å²) in [6, 6.07) is 9.51. The Morgan fingerprint density at radius 1 is 1.27 bits per heavy atom. The average Bonchev–Trinajstić information content (AvgIpc) is 2.59. The van der Waals surface area contributed by atoms with E-state index in [1.54, 1.807) is 12.3 Å². The Labute approximate surface area is 153 Å². The average molecular weight is 352 g/mol. The van der Waals surface area contributed by atoms with Crippen LogP contribution >= 0.6 is 0 Å². The lowest BCUT2D eigenvalue weighted by molar-refractivity contribution is -0.136. The lowest BCUT2D eigenvalue weighted by Crippen LogP contribution is -2.22. The third-order valence-corrected chi connectivity index (χ3v) is 3.81. The number of nitrogens with zero attached hydrogens (tertiary/aromatic N) is 1. The van der Waals surface area contributed by atoms with Gasteiger partial charge in [-0.2, -0.15) is 0 Å². The van der Waals surface area contributed by atoms with Crippen LogP contribution in [0.1, 0.15) is 26.7 Å². The van der Waals surface area contributed by atoms with Gasteiger partial charge in [0.2, 0.25) is 5.91 Å². The molecule has 0 radical (unpaired) electrons. The first-order valence-electron chi connectivity index (χ1n) is 8.49. The molecule has 0 aliphatic carbocycles. The largest absolute Gasteiger partial charge is 0.458 e. The number of ether oxygens (including phenoxy) is 1. The molecule has 0 saturated heterocycles. The third kappa shape index (κ3) is 5.84. The summed E-state index contributed by atoms with van der Waals surface area (Å²) in [5.41, 5.74) is 1.18. The third-order valence-electron chi connectivity index (χ3n) is 3.81. The molecule has 136 valence electrons. The minimum absolute atomic E-state index is 0.0872. The number of rotatable bonds is 8. The standard InChI is InChI=1S/C21H24N2O3/c1-4-14-26-19(25)11-6-12-21(2,3)15-18(24)23-17-10-5-8-16-9-7-13-22-20(16)17/h4-11,13H,1,12,14-15H2,2-3H3,(H,23,24)/b11-6+. The van der Waals surface area contributed by atoms with Crippen molar-refractivity contribution in [3.8, 4) is 0 Å². The van der Waals surface area contributed by atoms with E-state index in [-0.39, 0.29) is 17.9 Å². The van der Waals surface area contributed by atoms with Crippen LogP contribution in [0.15, 0.2) is 61.3 Å². The monoisotopic (exact) mass is 352 g/mol. The quantitative estimate of drug-likeness (QED) is 0.438. The molecule has 0 atom stereocenters. The van der Waals surface area contributed by atoms with Crippen molar-refractivity contribution in [1.82, 2.24) is 4.98 Å². The Morgan fingerprint density at radius 2 is 2.04 bits per heavy atom. The van der Waals surface area contributed by atoms with Gasteiger partial charge in [-0.15, -0.1) is 0 Å². The Hall–Kier alpha value is -2.95. The fourth-order valence-electron chi connectivity index (χ4n) is 2.57. The van der Waals surface area contributed by atoms with Crippen molar-refractivity contribution >= 4 is 28.5 Å². The molecule has 0 unspecified atom stereocenters. The van der Waals surface area contributed by atoms with Gasteiger partial charge in [-0.25, -0.2) is 4.79 Å². The lowest BCUT2D eigenvalue weighted by atomic mass is 9.85. The minimum atomic E-state index is -0.410. The lowest BCUT2D eigenvalue weighted by Gasteiger charge is -2.22. The highest BCUT2D eigenvalue weighted by Crippen LogP contribution is 2.27. The minimum Gasteiger partial charge on any atom is -0.458 e. The number of pyridine rings is 1. The van der Waals surface area contributed by atoms with Crippen LogP contribution in [-0.4, -0.2) is 23.5 Å². The van der Waals surface area contributed by atoms with Gasteiger partial charge in [0.1, 0.15) is 6.61 Å². The number of fused-ring (bicyclic) bond motifs is 1. The molecule has 5 heteroatoms.